The third-order valence-corrected chi connectivity index (χ3v) is 2.28. The largest absolute Gasteiger partial charge is 0.508 e. The number of hydrogen-bond donors (Lipinski definition) is 2. The highest BCUT2D eigenvalue weighted by Crippen LogP contribution is 2.24. The first-order valence-corrected chi connectivity index (χ1v) is 4.64. The third-order valence-electron chi connectivity index (χ3n) is 2.28. The van der Waals surface area contributed by atoms with E-state index in [1.165, 1.54) is 0 Å². The van der Waals surface area contributed by atoms with Crippen LogP contribution in [0.5, 0.6) is 5.75 Å². The van der Waals surface area contributed by atoms with Gasteiger partial charge in [0, 0.05) is 0 Å². The van der Waals surface area contributed by atoms with Crippen LogP contribution < -0.4 is 0 Å². The lowest BCUT2D eigenvalue weighted by Gasteiger charge is -2.12. The van der Waals surface area contributed by atoms with Crippen LogP contribution in [0.2, 0.25) is 0 Å². The van der Waals surface area contributed by atoms with Crippen molar-refractivity contribution in [3.05, 3.63) is 29.8 Å². The molecule has 0 spiro atoms. The zero-order chi connectivity index (χ0) is 10.6. The molecule has 0 bridgehead atoms. The molecule has 0 saturated heterocycles. The van der Waals surface area contributed by atoms with Crippen molar-refractivity contribution in [2.45, 2.75) is 25.7 Å². The van der Waals surface area contributed by atoms with Crippen LogP contribution in [-0.2, 0) is 4.79 Å². The Morgan fingerprint density at radius 2 is 1.93 bits per heavy atom. The molecular weight excluding hydrogens is 180 g/mol. The van der Waals surface area contributed by atoms with Gasteiger partial charge >= 0.3 is 5.97 Å². The fourth-order valence-electron chi connectivity index (χ4n) is 1.46. The summed E-state index contributed by atoms with van der Waals surface area (Å²) in [5, 5.41) is 17.8. The summed E-state index contributed by atoms with van der Waals surface area (Å²) in [5.41, 5.74) is 0.965. The van der Waals surface area contributed by atoms with Crippen molar-refractivity contribution in [2.75, 3.05) is 0 Å². The van der Waals surface area contributed by atoms with E-state index in [9.17, 15) is 4.79 Å². The topological polar surface area (TPSA) is 57.5 Å². The van der Waals surface area contributed by atoms with Crippen molar-refractivity contribution in [3.63, 3.8) is 0 Å². The summed E-state index contributed by atoms with van der Waals surface area (Å²) in [6, 6.07) is 6.71. The second-order valence-corrected chi connectivity index (χ2v) is 3.29. The van der Waals surface area contributed by atoms with Crippen molar-refractivity contribution in [1.82, 2.24) is 0 Å². The molecule has 76 valence electrons. The maximum Gasteiger partial charge on any atom is 0.303 e. The van der Waals surface area contributed by atoms with E-state index < -0.39 is 5.97 Å². The molecule has 0 aliphatic heterocycles. The van der Waals surface area contributed by atoms with Gasteiger partial charge in [0.2, 0.25) is 0 Å². The zero-order valence-electron chi connectivity index (χ0n) is 8.10. The van der Waals surface area contributed by atoms with Gasteiger partial charge in [0.05, 0.1) is 6.42 Å². The van der Waals surface area contributed by atoms with E-state index in [4.69, 9.17) is 10.2 Å². The van der Waals surface area contributed by atoms with Crippen molar-refractivity contribution >= 4 is 5.97 Å². The number of carboxylic acids is 1. The quantitative estimate of drug-likeness (QED) is 0.773. The lowest BCUT2D eigenvalue weighted by molar-refractivity contribution is -0.137. The summed E-state index contributed by atoms with van der Waals surface area (Å²) in [5.74, 6) is -0.544. The van der Waals surface area contributed by atoms with Gasteiger partial charge in [0.1, 0.15) is 5.75 Å². The van der Waals surface area contributed by atoms with Crippen molar-refractivity contribution in [3.8, 4) is 5.75 Å². The second-order valence-electron chi connectivity index (χ2n) is 3.29. The van der Waals surface area contributed by atoms with Gasteiger partial charge in [-0.15, -0.1) is 0 Å². The van der Waals surface area contributed by atoms with Crippen LogP contribution in [-0.4, -0.2) is 16.2 Å². The summed E-state index contributed by atoms with van der Waals surface area (Å²) in [4.78, 5) is 10.6. The molecule has 0 aliphatic carbocycles. The van der Waals surface area contributed by atoms with E-state index in [-0.39, 0.29) is 18.1 Å². The summed E-state index contributed by atoms with van der Waals surface area (Å²) >= 11 is 0. The summed E-state index contributed by atoms with van der Waals surface area (Å²) in [6.07, 6.45) is 0.929. The van der Waals surface area contributed by atoms with Gasteiger partial charge in [-0.1, -0.05) is 19.1 Å². The molecule has 0 saturated carbocycles. The Morgan fingerprint density at radius 1 is 1.36 bits per heavy atom. The number of carboxylic acid groups (broad SMARTS) is 1. The molecule has 1 unspecified atom stereocenters. The van der Waals surface area contributed by atoms with Crippen LogP contribution in [0.4, 0.5) is 0 Å². The monoisotopic (exact) mass is 194 g/mol. The first-order chi connectivity index (χ1) is 6.63. The second kappa shape index (κ2) is 4.65. The van der Waals surface area contributed by atoms with Gasteiger partial charge in [-0.2, -0.15) is 0 Å². The molecule has 3 nitrogen and oxygen atoms in total. The number of hydrogen-bond acceptors (Lipinski definition) is 2. The molecular formula is C11H14O3. The molecule has 0 fully saturated rings. The Balaban J connectivity index is 2.78. The number of rotatable bonds is 4. The number of carbonyl (C=O) groups is 1. The minimum Gasteiger partial charge on any atom is -0.508 e. The van der Waals surface area contributed by atoms with E-state index in [0.717, 1.165) is 12.0 Å². The highest BCUT2D eigenvalue weighted by atomic mass is 16.4. The molecule has 1 rings (SSSR count). The van der Waals surface area contributed by atoms with Crippen LogP contribution in [0.3, 0.4) is 0 Å². The Bertz CT molecular complexity index is 303. The average molecular weight is 194 g/mol. The van der Waals surface area contributed by atoms with Gasteiger partial charge in [0.25, 0.3) is 0 Å². The highest BCUT2D eigenvalue weighted by Gasteiger charge is 2.12. The number of aliphatic carboxylic acids is 1. The molecule has 1 atom stereocenters. The van der Waals surface area contributed by atoms with E-state index >= 15 is 0 Å². The van der Waals surface area contributed by atoms with Crippen molar-refractivity contribution in [2.24, 2.45) is 0 Å². The molecule has 14 heavy (non-hydrogen) atoms. The summed E-state index contributed by atoms with van der Waals surface area (Å²) in [6.45, 7) is 1.96. The van der Waals surface area contributed by atoms with Gasteiger partial charge in [-0.05, 0) is 30.0 Å². The molecule has 0 radical (unpaired) electrons. The van der Waals surface area contributed by atoms with E-state index in [1.807, 2.05) is 6.92 Å². The standard InChI is InChI=1S/C11H14O3/c1-2-8(7-11(13)14)9-3-5-10(12)6-4-9/h3-6,8,12H,2,7H2,1H3,(H,13,14). The normalized spacial score (nSPS) is 12.4. The predicted molar refractivity (Wildman–Crippen MR) is 53.4 cm³/mol. The molecule has 2 N–H and O–H groups in total. The Labute approximate surface area is 83.0 Å². The molecule has 0 heterocycles. The molecule has 1 aromatic rings. The first-order valence-electron chi connectivity index (χ1n) is 4.64. The van der Waals surface area contributed by atoms with Gasteiger partial charge < -0.3 is 10.2 Å². The minimum absolute atomic E-state index is 0.0353. The van der Waals surface area contributed by atoms with Crippen molar-refractivity contribution < 1.29 is 15.0 Å². The van der Waals surface area contributed by atoms with Crippen LogP contribution in [0.1, 0.15) is 31.2 Å². The smallest absolute Gasteiger partial charge is 0.303 e. The highest BCUT2D eigenvalue weighted by molar-refractivity contribution is 5.68. The number of aromatic hydroxyl groups is 1. The van der Waals surface area contributed by atoms with Crippen LogP contribution in [0.25, 0.3) is 0 Å². The predicted octanol–water partition coefficient (Wildman–Crippen LogP) is 2.36. The fraction of sp³-hybridized carbons (Fsp3) is 0.364. The van der Waals surface area contributed by atoms with Gasteiger partial charge in [-0.3, -0.25) is 4.79 Å². The number of benzene rings is 1. The minimum atomic E-state index is -0.787. The first kappa shape index (κ1) is 10.6. The third kappa shape index (κ3) is 2.76. The van der Waals surface area contributed by atoms with E-state index in [0.29, 0.717) is 0 Å². The average Bonchev–Trinajstić information content (AvgIpc) is 2.15. The SMILES string of the molecule is CCC(CC(=O)O)c1ccc(O)cc1. The molecule has 0 amide bonds. The maximum atomic E-state index is 10.6. The Morgan fingerprint density at radius 3 is 2.36 bits per heavy atom. The van der Waals surface area contributed by atoms with Crippen LogP contribution in [0.15, 0.2) is 24.3 Å². The number of phenols is 1. The zero-order valence-corrected chi connectivity index (χ0v) is 8.10. The lowest BCUT2D eigenvalue weighted by atomic mass is 9.93. The Hall–Kier alpha value is -1.51. The molecule has 0 aliphatic rings. The van der Waals surface area contributed by atoms with E-state index in [1.54, 1.807) is 24.3 Å². The Kier molecular flexibility index (Phi) is 3.51. The van der Waals surface area contributed by atoms with Gasteiger partial charge in [-0.25, -0.2) is 0 Å². The lowest BCUT2D eigenvalue weighted by Crippen LogP contribution is -2.05. The maximum absolute atomic E-state index is 10.6. The molecule has 0 aromatic heterocycles. The summed E-state index contributed by atoms with van der Waals surface area (Å²) < 4.78 is 0. The molecule has 1 aromatic carbocycles. The summed E-state index contributed by atoms with van der Waals surface area (Å²) in [7, 11) is 0. The number of phenolic OH excluding ortho intramolecular Hbond substituents is 1. The van der Waals surface area contributed by atoms with Crippen LogP contribution in [0, 0.1) is 0 Å². The fourth-order valence-corrected chi connectivity index (χ4v) is 1.46. The van der Waals surface area contributed by atoms with E-state index in [2.05, 4.69) is 0 Å². The van der Waals surface area contributed by atoms with Crippen LogP contribution >= 0.6 is 0 Å². The van der Waals surface area contributed by atoms with Crippen molar-refractivity contribution in [1.29, 1.82) is 0 Å². The van der Waals surface area contributed by atoms with Gasteiger partial charge in [0.15, 0.2) is 0 Å². The molecule has 3 heteroatoms.